The summed E-state index contributed by atoms with van der Waals surface area (Å²) < 4.78 is 12.8. The first-order chi connectivity index (χ1) is 18.1. The Hall–Kier alpha value is -4.99. The Morgan fingerprint density at radius 3 is 2.43 bits per heavy atom. The Balaban J connectivity index is 1.47. The first-order valence-electron chi connectivity index (χ1n) is 11.6. The minimum atomic E-state index is 0.464. The van der Waals surface area contributed by atoms with Crippen LogP contribution in [0.3, 0.4) is 0 Å². The van der Waals surface area contributed by atoms with Crippen LogP contribution in [0.1, 0.15) is 5.69 Å². The maximum Gasteiger partial charge on any atom is 0.156 e. The molecule has 0 amide bonds. The average Bonchev–Trinajstić information content (AvgIpc) is 3.59. The number of rotatable bonds is 7. The van der Waals surface area contributed by atoms with E-state index in [1.54, 1.807) is 37.5 Å². The van der Waals surface area contributed by atoms with Gasteiger partial charge in [0.1, 0.15) is 17.0 Å². The standard InChI is InChI=1S/C27H24N8O2/c1-34-15-17(12-31-34)26-14-29-23-5-4-19(10-25(23)33-26)35(20-8-21(36-2)11-22(9-20)37-3)16-18-13-30-27-24(32-18)6-7-28-27/h4-15H,16H2,1-3H3,(H,28,30). The van der Waals surface area contributed by atoms with Crippen molar-refractivity contribution in [2.24, 2.45) is 7.05 Å². The smallest absolute Gasteiger partial charge is 0.156 e. The largest absolute Gasteiger partial charge is 0.497 e. The number of ether oxygens (including phenoxy) is 2. The van der Waals surface area contributed by atoms with E-state index in [4.69, 9.17) is 19.4 Å². The van der Waals surface area contributed by atoms with E-state index in [1.165, 1.54) is 0 Å². The van der Waals surface area contributed by atoms with Crippen LogP contribution in [0.25, 0.3) is 33.5 Å². The molecule has 37 heavy (non-hydrogen) atoms. The number of benzene rings is 2. The van der Waals surface area contributed by atoms with Gasteiger partial charge in [0.05, 0.1) is 61.8 Å². The third kappa shape index (κ3) is 4.40. The molecule has 0 saturated heterocycles. The predicted octanol–water partition coefficient (Wildman–Crippen LogP) is 4.66. The molecule has 6 rings (SSSR count). The maximum absolute atomic E-state index is 5.55. The van der Waals surface area contributed by atoms with Gasteiger partial charge in [-0.05, 0) is 24.3 Å². The molecule has 0 saturated carbocycles. The van der Waals surface area contributed by atoms with Crippen LogP contribution in [0.2, 0.25) is 0 Å². The molecule has 0 bridgehead atoms. The van der Waals surface area contributed by atoms with Gasteiger partial charge in [0, 0.05) is 54.6 Å². The summed E-state index contributed by atoms with van der Waals surface area (Å²) in [7, 11) is 5.16. The van der Waals surface area contributed by atoms with Crippen LogP contribution in [0.15, 0.2) is 73.4 Å². The van der Waals surface area contributed by atoms with Crippen molar-refractivity contribution >= 4 is 33.6 Å². The first-order valence-corrected chi connectivity index (χ1v) is 11.6. The SMILES string of the molecule is COc1cc(OC)cc(N(Cc2cnc3[nH]ccc3n2)c2ccc3ncc(-c4cnn(C)c4)nc3c2)c1. The van der Waals surface area contributed by atoms with Crippen LogP contribution in [0.5, 0.6) is 11.5 Å². The highest BCUT2D eigenvalue weighted by atomic mass is 16.5. The summed E-state index contributed by atoms with van der Waals surface area (Å²) in [5.74, 6) is 1.37. The van der Waals surface area contributed by atoms with Gasteiger partial charge in [-0.15, -0.1) is 0 Å². The molecule has 1 N–H and O–H groups in total. The van der Waals surface area contributed by atoms with Crippen molar-refractivity contribution in [3.05, 3.63) is 79.1 Å². The third-order valence-corrected chi connectivity index (χ3v) is 6.12. The monoisotopic (exact) mass is 492 g/mol. The van der Waals surface area contributed by atoms with E-state index in [0.29, 0.717) is 18.0 Å². The molecule has 0 aliphatic carbocycles. The molecular formula is C27H24N8O2. The van der Waals surface area contributed by atoms with Crippen molar-refractivity contribution in [3.63, 3.8) is 0 Å². The number of nitrogens with one attached hydrogen (secondary N) is 1. The summed E-state index contributed by atoms with van der Waals surface area (Å²) in [6.45, 7) is 0.464. The first kappa shape index (κ1) is 22.5. The zero-order valence-corrected chi connectivity index (χ0v) is 20.6. The quantitative estimate of drug-likeness (QED) is 0.343. The Kier molecular flexibility index (Phi) is 5.61. The number of methoxy groups -OCH3 is 2. The molecule has 6 aromatic rings. The van der Waals surface area contributed by atoms with Crippen LogP contribution < -0.4 is 14.4 Å². The lowest BCUT2D eigenvalue weighted by Gasteiger charge is -2.26. The minimum absolute atomic E-state index is 0.464. The van der Waals surface area contributed by atoms with Crippen LogP contribution in [0.4, 0.5) is 11.4 Å². The molecule has 184 valence electrons. The molecule has 4 aromatic heterocycles. The van der Waals surface area contributed by atoms with Crippen molar-refractivity contribution < 1.29 is 9.47 Å². The van der Waals surface area contributed by atoms with Gasteiger partial charge in [0.2, 0.25) is 0 Å². The van der Waals surface area contributed by atoms with Gasteiger partial charge >= 0.3 is 0 Å². The molecule has 0 fully saturated rings. The summed E-state index contributed by atoms with van der Waals surface area (Å²) in [4.78, 5) is 24.0. The number of H-pyrrole nitrogens is 1. The molecule has 0 unspecified atom stereocenters. The van der Waals surface area contributed by atoms with Gasteiger partial charge < -0.3 is 19.4 Å². The van der Waals surface area contributed by atoms with E-state index >= 15 is 0 Å². The van der Waals surface area contributed by atoms with E-state index in [1.807, 2.05) is 61.9 Å². The minimum Gasteiger partial charge on any atom is -0.497 e. The molecule has 0 atom stereocenters. The summed E-state index contributed by atoms with van der Waals surface area (Å²) in [5, 5.41) is 4.26. The van der Waals surface area contributed by atoms with Crippen molar-refractivity contribution in [1.29, 1.82) is 0 Å². The molecule has 0 spiro atoms. The number of hydrogen-bond acceptors (Lipinski definition) is 8. The van der Waals surface area contributed by atoms with Crippen LogP contribution in [-0.4, -0.2) is 48.9 Å². The Bertz CT molecular complexity index is 1700. The Labute approximate surface area is 212 Å². The second-order valence-corrected chi connectivity index (χ2v) is 8.56. The van der Waals surface area contributed by atoms with E-state index in [2.05, 4.69) is 25.0 Å². The number of aryl methyl sites for hydroxylation is 1. The Morgan fingerprint density at radius 1 is 0.838 bits per heavy atom. The average molecular weight is 493 g/mol. The predicted molar refractivity (Wildman–Crippen MR) is 141 cm³/mol. The third-order valence-electron chi connectivity index (χ3n) is 6.12. The lowest BCUT2D eigenvalue weighted by atomic mass is 10.1. The zero-order chi connectivity index (χ0) is 25.4. The normalized spacial score (nSPS) is 11.2. The van der Waals surface area contributed by atoms with Crippen LogP contribution in [0, 0.1) is 0 Å². The molecule has 4 heterocycles. The second kappa shape index (κ2) is 9.23. The fourth-order valence-corrected chi connectivity index (χ4v) is 4.25. The molecule has 10 heteroatoms. The lowest BCUT2D eigenvalue weighted by molar-refractivity contribution is 0.394. The van der Waals surface area contributed by atoms with Gasteiger partial charge in [-0.3, -0.25) is 9.67 Å². The fraction of sp³-hybridized carbons (Fsp3) is 0.148. The fourth-order valence-electron chi connectivity index (χ4n) is 4.25. The summed E-state index contributed by atoms with van der Waals surface area (Å²) in [6.07, 6.45) is 9.09. The molecule has 0 radical (unpaired) electrons. The van der Waals surface area contributed by atoms with E-state index in [9.17, 15) is 0 Å². The van der Waals surface area contributed by atoms with Gasteiger partial charge in [0.25, 0.3) is 0 Å². The zero-order valence-electron chi connectivity index (χ0n) is 20.6. The summed E-state index contributed by atoms with van der Waals surface area (Å²) in [5.41, 5.74) is 7.40. The number of anilines is 2. The van der Waals surface area contributed by atoms with E-state index in [-0.39, 0.29) is 0 Å². The van der Waals surface area contributed by atoms with Crippen molar-refractivity contribution in [1.82, 2.24) is 34.7 Å². The van der Waals surface area contributed by atoms with Gasteiger partial charge in [-0.25, -0.2) is 15.0 Å². The van der Waals surface area contributed by atoms with Gasteiger partial charge in [-0.1, -0.05) is 0 Å². The van der Waals surface area contributed by atoms with E-state index < -0.39 is 0 Å². The number of aromatic nitrogens is 7. The van der Waals surface area contributed by atoms with Gasteiger partial charge in [-0.2, -0.15) is 5.10 Å². The Morgan fingerprint density at radius 2 is 1.68 bits per heavy atom. The highest BCUT2D eigenvalue weighted by Gasteiger charge is 2.16. The number of nitrogens with zero attached hydrogens (tertiary/aromatic N) is 7. The van der Waals surface area contributed by atoms with Crippen molar-refractivity contribution in [3.8, 4) is 22.8 Å². The van der Waals surface area contributed by atoms with Crippen LogP contribution in [-0.2, 0) is 13.6 Å². The highest BCUT2D eigenvalue weighted by molar-refractivity contribution is 5.83. The molecular weight excluding hydrogens is 468 g/mol. The summed E-state index contributed by atoms with van der Waals surface area (Å²) >= 11 is 0. The van der Waals surface area contributed by atoms with Gasteiger partial charge in [0.15, 0.2) is 5.65 Å². The number of hydrogen-bond donors (Lipinski definition) is 1. The molecule has 10 nitrogen and oxygen atoms in total. The number of aromatic amines is 1. The molecule has 2 aromatic carbocycles. The second-order valence-electron chi connectivity index (χ2n) is 8.56. The van der Waals surface area contributed by atoms with E-state index in [0.717, 1.165) is 50.5 Å². The molecule has 0 aliphatic rings. The van der Waals surface area contributed by atoms with Crippen molar-refractivity contribution in [2.45, 2.75) is 6.54 Å². The van der Waals surface area contributed by atoms with Crippen molar-refractivity contribution in [2.75, 3.05) is 19.1 Å². The van der Waals surface area contributed by atoms with Crippen LogP contribution >= 0.6 is 0 Å². The number of fused-ring (bicyclic) bond motifs is 2. The highest BCUT2D eigenvalue weighted by Crippen LogP contribution is 2.35. The lowest BCUT2D eigenvalue weighted by Crippen LogP contribution is -2.18. The maximum atomic E-state index is 5.55. The summed E-state index contributed by atoms with van der Waals surface area (Å²) in [6, 6.07) is 13.7. The topological polar surface area (TPSA) is 107 Å². The molecule has 0 aliphatic heterocycles.